The van der Waals surface area contributed by atoms with Crippen molar-refractivity contribution in [1.82, 2.24) is 19.7 Å². The molecule has 1 amide bonds. The molecule has 0 spiro atoms. The van der Waals surface area contributed by atoms with Crippen LogP contribution in [0.3, 0.4) is 0 Å². The van der Waals surface area contributed by atoms with E-state index in [9.17, 15) is 4.79 Å². The number of thiazole rings is 1. The van der Waals surface area contributed by atoms with Crippen molar-refractivity contribution in [3.05, 3.63) is 47.7 Å². The van der Waals surface area contributed by atoms with Crippen molar-refractivity contribution in [2.24, 2.45) is 7.05 Å². The fourth-order valence-corrected chi connectivity index (χ4v) is 4.16. The van der Waals surface area contributed by atoms with Crippen LogP contribution in [0.25, 0.3) is 10.6 Å². The molecule has 0 radical (unpaired) electrons. The van der Waals surface area contributed by atoms with Gasteiger partial charge in [-0.05, 0) is 19.1 Å². The second kappa shape index (κ2) is 7.63. The first-order valence-electron chi connectivity index (χ1n) is 9.25. The van der Waals surface area contributed by atoms with Gasteiger partial charge >= 0.3 is 0 Å². The molecular weight excluding hydrogens is 374 g/mol. The van der Waals surface area contributed by atoms with Gasteiger partial charge in [-0.15, -0.1) is 11.3 Å². The summed E-state index contributed by atoms with van der Waals surface area (Å²) < 4.78 is 7.86. The minimum absolute atomic E-state index is 0.0831. The van der Waals surface area contributed by atoms with Crippen LogP contribution in [0.15, 0.2) is 42.0 Å². The van der Waals surface area contributed by atoms with Gasteiger partial charge in [0.15, 0.2) is 0 Å². The van der Waals surface area contributed by atoms with E-state index < -0.39 is 0 Å². The quantitative estimate of drug-likeness (QED) is 0.662. The van der Waals surface area contributed by atoms with Crippen molar-refractivity contribution in [3.8, 4) is 16.3 Å². The highest BCUT2D eigenvalue weighted by molar-refractivity contribution is 7.13. The Hall–Kier alpha value is -2.87. The summed E-state index contributed by atoms with van der Waals surface area (Å²) in [5.74, 6) is 0.769. The van der Waals surface area contributed by atoms with E-state index in [0.29, 0.717) is 12.2 Å². The molecule has 8 heteroatoms. The fourth-order valence-electron chi connectivity index (χ4n) is 3.39. The number of hydrogen-bond acceptors (Lipinski definition) is 6. The summed E-state index contributed by atoms with van der Waals surface area (Å²) in [6, 6.07) is 8.04. The lowest BCUT2D eigenvalue weighted by Gasteiger charge is -2.37. The van der Waals surface area contributed by atoms with Gasteiger partial charge in [0.25, 0.3) is 5.91 Å². The second-order valence-corrected chi connectivity index (χ2v) is 7.73. The number of benzene rings is 1. The third kappa shape index (κ3) is 3.60. The van der Waals surface area contributed by atoms with Crippen LogP contribution in [0.4, 0.5) is 5.69 Å². The summed E-state index contributed by atoms with van der Waals surface area (Å²) in [6.07, 6.45) is 3.56. The number of nitrogens with zero attached hydrogens (tertiary/aromatic N) is 5. The molecule has 1 aliphatic heterocycles. The van der Waals surface area contributed by atoms with Crippen LogP contribution < -0.4 is 9.64 Å². The van der Waals surface area contributed by atoms with Crippen molar-refractivity contribution in [1.29, 1.82) is 0 Å². The van der Waals surface area contributed by atoms with Gasteiger partial charge in [0.05, 0.1) is 25.0 Å². The first-order valence-corrected chi connectivity index (χ1v) is 10.1. The molecule has 7 nitrogen and oxygen atoms in total. The number of carbonyl (C=O) groups excluding carboxylic acids is 1. The molecule has 4 rings (SSSR count). The largest absolute Gasteiger partial charge is 0.485 e. The molecule has 0 bridgehead atoms. The smallest absolute Gasteiger partial charge is 0.273 e. The van der Waals surface area contributed by atoms with Gasteiger partial charge in [-0.2, -0.15) is 5.10 Å². The van der Waals surface area contributed by atoms with E-state index in [1.165, 1.54) is 11.3 Å². The predicted molar refractivity (Wildman–Crippen MR) is 110 cm³/mol. The maximum atomic E-state index is 12.8. The second-order valence-electron chi connectivity index (χ2n) is 6.87. The predicted octanol–water partition coefficient (Wildman–Crippen LogP) is 2.90. The lowest BCUT2D eigenvalue weighted by Crippen LogP contribution is -2.46. The SMILES string of the molecule is CCN1CC(CN(C)C(=O)c2csc(-c3cnn(C)c3)n2)Oc2ccccc21. The van der Waals surface area contributed by atoms with Gasteiger partial charge in [0.2, 0.25) is 0 Å². The molecule has 0 N–H and O–H groups in total. The summed E-state index contributed by atoms with van der Waals surface area (Å²) in [7, 11) is 3.66. The molecule has 146 valence electrons. The monoisotopic (exact) mass is 397 g/mol. The molecule has 1 atom stereocenters. The summed E-state index contributed by atoms with van der Waals surface area (Å²) in [5, 5.41) is 6.76. The Morgan fingerprint density at radius 1 is 1.39 bits per heavy atom. The average molecular weight is 398 g/mol. The third-order valence-electron chi connectivity index (χ3n) is 4.80. The Morgan fingerprint density at radius 2 is 2.21 bits per heavy atom. The number of para-hydroxylation sites is 2. The number of amides is 1. The van der Waals surface area contributed by atoms with Crippen molar-refractivity contribution in [2.75, 3.05) is 31.6 Å². The third-order valence-corrected chi connectivity index (χ3v) is 5.70. The molecule has 28 heavy (non-hydrogen) atoms. The Kier molecular flexibility index (Phi) is 5.04. The van der Waals surface area contributed by atoms with Gasteiger partial charge in [-0.1, -0.05) is 12.1 Å². The zero-order chi connectivity index (χ0) is 19.7. The minimum Gasteiger partial charge on any atom is -0.485 e. The number of hydrogen-bond donors (Lipinski definition) is 0. The first kappa shape index (κ1) is 18.5. The van der Waals surface area contributed by atoms with Crippen LogP contribution >= 0.6 is 11.3 Å². The van der Waals surface area contributed by atoms with Crippen molar-refractivity contribution >= 4 is 22.9 Å². The van der Waals surface area contributed by atoms with Crippen molar-refractivity contribution < 1.29 is 9.53 Å². The Labute approximate surface area is 168 Å². The van der Waals surface area contributed by atoms with Crippen LogP contribution in [0, 0.1) is 0 Å². The van der Waals surface area contributed by atoms with Crippen LogP contribution in [0.5, 0.6) is 5.75 Å². The lowest BCUT2D eigenvalue weighted by atomic mass is 10.2. The molecule has 2 aromatic heterocycles. The van der Waals surface area contributed by atoms with Gasteiger partial charge in [-0.3, -0.25) is 9.48 Å². The molecule has 1 aromatic carbocycles. The Bertz CT molecular complexity index is 982. The van der Waals surface area contributed by atoms with E-state index in [1.54, 1.807) is 28.2 Å². The van der Waals surface area contributed by atoms with E-state index in [0.717, 1.165) is 35.1 Å². The highest BCUT2D eigenvalue weighted by atomic mass is 32.1. The van der Waals surface area contributed by atoms with Crippen molar-refractivity contribution in [2.45, 2.75) is 13.0 Å². The highest BCUT2D eigenvalue weighted by Gasteiger charge is 2.27. The van der Waals surface area contributed by atoms with E-state index >= 15 is 0 Å². The van der Waals surface area contributed by atoms with Crippen LogP contribution in [0.2, 0.25) is 0 Å². The highest BCUT2D eigenvalue weighted by Crippen LogP contribution is 2.33. The summed E-state index contributed by atoms with van der Waals surface area (Å²) in [5.41, 5.74) is 2.48. The first-order chi connectivity index (χ1) is 13.5. The molecule has 0 aliphatic carbocycles. The number of likely N-dealkylation sites (N-methyl/N-ethyl adjacent to an activating group) is 2. The number of fused-ring (bicyclic) bond motifs is 1. The molecule has 1 unspecified atom stereocenters. The van der Waals surface area contributed by atoms with Crippen LogP contribution in [-0.2, 0) is 7.05 Å². The maximum absolute atomic E-state index is 12.8. The maximum Gasteiger partial charge on any atom is 0.273 e. The number of ether oxygens (including phenoxy) is 1. The molecule has 0 saturated heterocycles. The topological polar surface area (TPSA) is 63.5 Å². The molecule has 0 saturated carbocycles. The van der Waals surface area contributed by atoms with E-state index in [1.807, 2.05) is 31.4 Å². The molecule has 3 aromatic rings. The van der Waals surface area contributed by atoms with Gasteiger partial charge in [-0.25, -0.2) is 4.98 Å². The van der Waals surface area contributed by atoms with Gasteiger partial charge in [0.1, 0.15) is 22.6 Å². The number of aromatic nitrogens is 3. The van der Waals surface area contributed by atoms with E-state index in [4.69, 9.17) is 4.74 Å². The van der Waals surface area contributed by atoms with E-state index in [2.05, 4.69) is 28.0 Å². The minimum atomic E-state index is -0.100. The van der Waals surface area contributed by atoms with Crippen LogP contribution in [-0.4, -0.2) is 58.4 Å². The standard InChI is InChI=1S/C20H23N5O2S/c1-4-25-12-15(27-18-8-6-5-7-17(18)25)11-23(2)20(26)16-13-28-19(22-16)14-9-21-24(3)10-14/h5-10,13,15H,4,11-12H2,1-3H3. The molecular formula is C20H23N5O2S. The number of aryl methyl sites for hydroxylation is 1. The molecule has 1 aliphatic rings. The average Bonchev–Trinajstić information content (AvgIpc) is 3.35. The number of carbonyl (C=O) groups is 1. The Balaban J connectivity index is 1.44. The van der Waals surface area contributed by atoms with Crippen molar-refractivity contribution in [3.63, 3.8) is 0 Å². The zero-order valence-corrected chi connectivity index (χ0v) is 17.0. The van der Waals surface area contributed by atoms with Gasteiger partial charge < -0.3 is 14.5 Å². The Morgan fingerprint density at radius 3 is 2.96 bits per heavy atom. The molecule has 0 fully saturated rings. The van der Waals surface area contributed by atoms with E-state index in [-0.39, 0.29) is 12.0 Å². The summed E-state index contributed by atoms with van der Waals surface area (Å²) in [4.78, 5) is 21.3. The zero-order valence-electron chi connectivity index (χ0n) is 16.2. The number of rotatable bonds is 5. The van der Waals surface area contributed by atoms with Crippen LogP contribution in [0.1, 0.15) is 17.4 Å². The lowest BCUT2D eigenvalue weighted by molar-refractivity contribution is 0.0705. The summed E-state index contributed by atoms with van der Waals surface area (Å²) >= 11 is 1.45. The normalized spacial score (nSPS) is 15.8. The summed E-state index contributed by atoms with van der Waals surface area (Å²) in [6.45, 7) is 4.28. The van der Waals surface area contributed by atoms with Gasteiger partial charge in [0, 0.05) is 37.8 Å². The number of anilines is 1. The fraction of sp³-hybridized carbons (Fsp3) is 0.350. The molecule has 3 heterocycles.